The Morgan fingerprint density at radius 3 is 2.86 bits per heavy atom. The van der Waals surface area contributed by atoms with E-state index < -0.39 is 5.97 Å². The van der Waals surface area contributed by atoms with E-state index in [1.807, 2.05) is 12.1 Å². The normalized spacial score (nSPS) is 11.1. The zero-order chi connectivity index (χ0) is 15.0. The molecule has 0 aliphatic carbocycles. The number of carbonyl (C=O) groups is 1. The second kappa shape index (κ2) is 5.13. The van der Waals surface area contributed by atoms with Crippen LogP contribution >= 0.6 is 11.8 Å². The highest BCUT2D eigenvalue weighted by Crippen LogP contribution is 2.31. The zero-order valence-corrected chi connectivity index (χ0v) is 11.9. The van der Waals surface area contributed by atoms with Gasteiger partial charge in [-0.15, -0.1) is 10.2 Å². The van der Waals surface area contributed by atoms with Crippen molar-refractivity contribution in [2.45, 2.75) is 10.9 Å². The third-order valence-corrected chi connectivity index (χ3v) is 4.15. The summed E-state index contributed by atoms with van der Waals surface area (Å²) in [5.74, 6) is -0.406. The van der Waals surface area contributed by atoms with Crippen molar-refractivity contribution in [1.29, 1.82) is 0 Å². The number of carboxylic acids is 1. The average molecular weight is 304 g/mol. The van der Waals surface area contributed by atoms with Crippen molar-refractivity contribution < 1.29 is 14.3 Å². The van der Waals surface area contributed by atoms with Crippen molar-refractivity contribution in [3.05, 3.63) is 35.6 Å². The zero-order valence-electron chi connectivity index (χ0n) is 11.1. The summed E-state index contributed by atoms with van der Waals surface area (Å²) in [6.45, 7) is 0. The Morgan fingerprint density at radius 2 is 2.19 bits per heavy atom. The lowest BCUT2D eigenvalue weighted by Crippen LogP contribution is -2.00. The number of benzene rings is 1. The predicted octanol–water partition coefficient (Wildman–Crippen LogP) is 2.13. The minimum Gasteiger partial charge on any atom is -0.475 e. The molecule has 2 heterocycles. The van der Waals surface area contributed by atoms with E-state index in [9.17, 15) is 9.90 Å². The molecule has 0 saturated carbocycles. The van der Waals surface area contributed by atoms with Crippen LogP contribution in [0.5, 0.6) is 0 Å². The first kappa shape index (κ1) is 13.5. The number of aromatic nitrogens is 3. The highest BCUT2D eigenvalue weighted by Gasteiger charge is 2.20. The van der Waals surface area contributed by atoms with E-state index in [4.69, 9.17) is 10.2 Å². The highest BCUT2D eigenvalue weighted by molar-refractivity contribution is 7.98. The van der Waals surface area contributed by atoms with Crippen LogP contribution in [-0.4, -0.2) is 25.8 Å². The van der Waals surface area contributed by atoms with Gasteiger partial charge in [-0.05, 0) is 6.07 Å². The SMILES string of the molecule is Cn1c(N)nnc1SCc1c(C(=O)O)oc2ccccc12. The molecule has 3 N–H and O–H groups in total. The molecule has 2 aromatic heterocycles. The Balaban J connectivity index is 1.97. The Kier molecular flexibility index (Phi) is 3.30. The van der Waals surface area contributed by atoms with Gasteiger partial charge in [-0.1, -0.05) is 30.0 Å². The lowest BCUT2D eigenvalue weighted by atomic mass is 10.1. The Bertz CT molecular complexity index is 824. The smallest absolute Gasteiger partial charge is 0.372 e. The standard InChI is InChI=1S/C13H12N4O3S/c1-17-12(14)15-16-13(17)21-6-8-7-4-2-3-5-9(7)20-10(8)11(18)19/h2-5H,6H2,1H3,(H2,14,15)(H,18,19). The van der Waals surface area contributed by atoms with Gasteiger partial charge in [0, 0.05) is 23.8 Å². The van der Waals surface area contributed by atoms with Gasteiger partial charge in [0.15, 0.2) is 5.16 Å². The number of rotatable bonds is 4. The number of hydrogen-bond donors (Lipinski definition) is 2. The number of aromatic carboxylic acids is 1. The summed E-state index contributed by atoms with van der Waals surface area (Å²) in [5.41, 5.74) is 6.81. The number of nitrogen functional groups attached to an aromatic ring is 1. The number of para-hydroxylation sites is 1. The molecule has 0 saturated heterocycles. The van der Waals surface area contributed by atoms with Crippen LogP contribution < -0.4 is 5.73 Å². The van der Waals surface area contributed by atoms with Crippen LogP contribution in [0.2, 0.25) is 0 Å². The Labute approximate surface area is 123 Å². The molecule has 0 atom stereocenters. The van der Waals surface area contributed by atoms with Crippen LogP contribution in [-0.2, 0) is 12.8 Å². The number of carboxylic acid groups (broad SMARTS) is 1. The number of furan rings is 1. The van der Waals surface area contributed by atoms with E-state index >= 15 is 0 Å². The van der Waals surface area contributed by atoms with Crippen molar-refractivity contribution >= 4 is 34.6 Å². The molecule has 0 aliphatic heterocycles. The molecule has 3 aromatic rings. The molecule has 0 radical (unpaired) electrons. The van der Waals surface area contributed by atoms with Crippen molar-refractivity contribution in [2.75, 3.05) is 5.73 Å². The number of nitrogens with two attached hydrogens (primary N) is 1. The predicted molar refractivity (Wildman–Crippen MR) is 78.1 cm³/mol. The van der Waals surface area contributed by atoms with Gasteiger partial charge in [-0.3, -0.25) is 4.57 Å². The summed E-state index contributed by atoms with van der Waals surface area (Å²) in [7, 11) is 1.75. The van der Waals surface area contributed by atoms with Crippen LogP contribution in [0.25, 0.3) is 11.0 Å². The molecule has 0 amide bonds. The van der Waals surface area contributed by atoms with E-state index in [0.717, 1.165) is 5.39 Å². The fourth-order valence-electron chi connectivity index (χ4n) is 2.00. The molecule has 108 valence electrons. The third-order valence-electron chi connectivity index (χ3n) is 3.11. The van der Waals surface area contributed by atoms with Crippen molar-refractivity contribution in [3.63, 3.8) is 0 Å². The number of fused-ring (bicyclic) bond motifs is 1. The van der Waals surface area contributed by atoms with E-state index in [-0.39, 0.29) is 5.76 Å². The lowest BCUT2D eigenvalue weighted by Gasteiger charge is -2.01. The van der Waals surface area contributed by atoms with Crippen molar-refractivity contribution in [1.82, 2.24) is 14.8 Å². The van der Waals surface area contributed by atoms with Gasteiger partial charge in [0.2, 0.25) is 11.7 Å². The summed E-state index contributed by atoms with van der Waals surface area (Å²) < 4.78 is 7.05. The first-order valence-electron chi connectivity index (χ1n) is 6.09. The molecule has 0 unspecified atom stereocenters. The molecule has 0 bridgehead atoms. The molecule has 0 fully saturated rings. The average Bonchev–Trinajstić information content (AvgIpc) is 2.99. The Hall–Kier alpha value is -2.48. The molecule has 1 aromatic carbocycles. The molecular weight excluding hydrogens is 292 g/mol. The molecule has 0 aliphatic rings. The van der Waals surface area contributed by atoms with Crippen LogP contribution in [0, 0.1) is 0 Å². The second-order valence-corrected chi connectivity index (χ2v) is 5.34. The fourth-order valence-corrected chi connectivity index (χ4v) is 2.95. The topological polar surface area (TPSA) is 107 Å². The van der Waals surface area contributed by atoms with Gasteiger partial charge in [-0.2, -0.15) is 0 Å². The summed E-state index contributed by atoms with van der Waals surface area (Å²) in [6, 6.07) is 7.23. The largest absolute Gasteiger partial charge is 0.475 e. The summed E-state index contributed by atoms with van der Waals surface area (Å²) in [6.07, 6.45) is 0. The number of anilines is 1. The van der Waals surface area contributed by atoms with Gasteiger partial charge < -0.3 is 15.3 Å². The van der Waals surface area contributed by atoms with E-state index in [1.54, 1.807) is 23.7 Å². The van der Waals surface area contributed by atoms with Crippen molar-refractivity contribution in [2.24, 2.45) is 7.05 Å². The number of thioether (sulfide) groups is 1. The maximum absolute atomic E-state index is 11.3. The summed E-state index contributed by atoms with van der Waals surface area (Å²) in [5, 5.41) is 18.4. The van der Waals surface area contributed by atoms with Crippen LogP contribution in [0.3, 0.4) is 0 Å². The van der Waals surface area contributed by atoms with Gasteiger partial charge in [0.25, 0.3) is 0 Å². The molecular formula is C13H12N4O3S. The second-order valence-electron chi connectivity index (χ2n) is 4.40. The van der Waals surface area contributed by atoms with E-state index in [2.05, 4.69) is 10.2 Å². The van der Waals surface area contributed by atoms with Crippen LogP contribution in [0.1, 0.15) is 16.1 Å². The monoisotopic (exact) mass is 304 g/mol. The van der Waals surface area contributed by atoms with E-state index in [0.29, 0.717) is 28.0 Å². The third kappa shape index (κ3) is 2.33. The minimum absolute atomic E-state index is 0.0427. The first-order chi connectivity index (χ1) is 10.1. The fraction of sp³-hybridized carbons (Fsp3) is 0.154. The maximum atomic E-state index is 11.3. The summed E-state index contributed by atoms with van der Waals surface area (Å²) in [4.78, 5) is 11.3. The molecule has 3 rings (SSSR count). The van der Waals surface area contributed by atoms with Crippen LogP contribution in [0.4, 0.5) is 5.95 Å². The van der Waals surface area contributed by atoms with Gasteiger partial charge in [0.05, 0.1) is 0 Å². The number of nitrogens with zero attached hydrogens (tertiary/aromatic N) is 3. The van der Waals surface area contributed by atoms with Crippen molar-refractivity contribution in [3.8, 4) is 0 Å². The molecule has 7 nitrogen and oxygen atoms in total. The molecule has 0 spiro atoms. The van der Waals surface area contributed by atoms with Gasteiger partial charge in [-0.25, -0.2) is 4.79 Å². The Morgan fingerprint density at radius 1 is 1.43 bits per heavy atom. The van der Waals surface area contributed by atoms with Crippen LogP contribution in [0.15, 0.2) is 33.8 Å². The van der Waals surface area contributed by atoms with Gasteiger partial charge in [0.1, 0.15) is 5.58 Å². The maximum Gasteiger partial charge on any atom is 0.372 e. The quantitative estimate of drug-likeness (QED) is 0.711. The first-order valence-corrected chi connectivity index (χ1v) is 7.08. The highest BCUT2D eigenvalue weighted by atomic mass is 32.2. The molecule has 8 heteroatoms. The van der Waals surface area contributed by atoms with Gasteiger partial charge >= 0.3 is 5.97 Å². The van der Waals surface area contributed by atoms with E-state index in [1.165, 1.54) is 11.8 Å². The number of hydrogen-bond acceptors (Lipinski definition) is 6. The minimum atomic E-state index is -1.08. The molecule has 21 heavy (non-hydrogen) atoms. The summed E-state index contributed by atoms with van der Waals surface area (Å²) >= 11 is 1.36. The lowest BCUT2D eigenvalue weighted by molar-refractivity contribution is 0.0664.